The quantitative estimate of drug-likeness (QED) is 0.242. The van der Waals surface area contributed by atoms with E-state index in [1.165, 1.54) is 16.3 Å². The van der Waals surface area contributed by atoms with E-state index in [4.69, 9.17) is 11.6 Å². The lowest BCUT2D eigenvalue weighted by Gasteiger charge is -2.20. The van der Waals surface area contributed by atoms with Gasteiger partial charge < -0.3 is 5.32 Å². The Morgan fingerprint density at radius 3 is 2.44 bits per heavy atom. The molecule has 1 N–H and O–H groups in total. The van der Waals surface area contributed by atoms with Crippen molar-refractivity contribution >= 4 is 45.9 Å². The Bertz CT molecular complexity index is 1190. The van der Waals surface area contributed by atoms with Crippen LogP contribution in [0.1, 0.15) is 50.7 Å². The number of thioether (sulfide) groups is 1. The van der Waals surface area contributed by atoms with Crippen LogP contribution in [0.5, 0.6) is 0 Å². The van der Waals surface area contributed by atoms with Crippen molar-refractivity contribution in [3.8, 4) is 0 Å². The van der Waals surface area contributed by atoms with Gasteiger partial charge in [0, 0.05) is 17.3 Å². The average molecular weight is 470 g/mol. The molecule has 0 bridgehead atoms. The van der Waals surface area contributed by atoms with Crippen molar-refractivity contribution in [2.45, 2.75) is 51.2 Å². The normalized spacial score (nSPS) is 11.3. The molecule has 0 spiro atoms. The van der Waals surface area contributed by atoms with Gasteiger partial charge in [-0.05, 0) is 41.2 Å². The predicted octanol–water partition coefficient (Wildman–Crippen LogP) is 6.21. The number of fused-ring (bicyclic) bond motifs is 1. The van der Waals surface area contributed by atoms with Crippen molar-refractivity contribution in [2.75, 3.05) is 11.1 Å². The standard InChI is InChI=1S/C25H28ClN3O2S/c1-6-12-29-24(31)20-11-10-17(26)13-21(20)27-25(29)32-14-22(30)28-23-18(15(2)3)8-7-9-19(23)16(4)5/h6-11,13,15-16H,1,12,14H2,2-5H3,(H,28,30). The highest BCUT2D eigenvalue weighted by atomic mass is 35.5. The minimum atomic E-state index is -0.179. The van der Waals surface area contributed by atoms with Crippen LogP contribution in [-0.4, -0.2) is 21.2 Å². The fourth-order valence-corrected chi connectivity index (χ4v) is 4.55. The lowest BCUT2D eigenvalue weighted by atomic mass is 9.92. The maximum absolute atomic E-state index is 12.9. The monoisotopic (exact) mass is 469 g/mol. The summed E-state index contributed by atoms with van der Waals surface area (Å²) in [5.41, 5.74) is 3.43. The summed E-state index contributed by atoms with van der Waals surface area (Å²) in [5, 5.41) is 4.56. The molecule has 3 aromatic rings. The van der Waals surface area contributed by atoms with Crippen molar-refractivity contribution in [1.29, 1.82) is 0 Å². The van der Waals surface area contributed by atoms with Gasteiger partial charge in [-0.1, -0.05) is 75.3 Å². The third kappa shape index (κ3) is 5.25. The molecule has 32 heavy (non-hydrogen) atoms. The molecule has 5 nitrogen and oxygen atoms in total. The molecule has 1 amide bonds. The molecule has 7 heteroatoms. The Morgan fingerprint density at radius 2 is 1.84 bits per heavy atom. The zero-order valence-electron chi connectivity index (χ0n) is 18.8. The van der Waals surface area contributed by atoms with E-state index >= 15 is 0 Å². The molecule has 0 saturated carbocycles. The van der Waals surface area contributed by atoms with Crippen molar-refractivity contribution in [3.05, 3.63) is 75.6 Å². The van der Waals surface area contributed by atoms with Gasteiger partial charge in [0.05, 0.1) is 16.7 Å². The van der Waals surface area contributed by atoms with Crippen molar-refractivity contribution in [3.63, 3.8) is 0 Å². The number of carbonyl (C=O) groups is 1. The number of halogens is 1. The van der Waals surface area contributed by atoms with E-state index in [2.05, 4.69) is 56.7 Å². The largest absolute Gasteiger partial charge is 0.325 e. The van der Waals surface area contributed by atoms with Gasteiger partial charge in [-0.25, -0.2) is 4.98 Å². The van der Waals surface area contributed by atoms with Crippen LogP contribution in [0.4, 0.5) is 5.69 Å². The molecule has 0 aliphatic carbocycles. The van der Waals surface area contributed by atoms with Gasteiger partial charge in [0.25, 0.3) is 5.56 Å². The molecule has 2 aromatic carbocycles. The molecule has 0 aliphatic heterocycles. The summed E-state index contributed by atoms with van der Waals surface area (Å²) >= 11 is 7.31. The van der Waals surface area contributed by atoms with Gasteiger partial charge in [0.1, 0.15) is 0 Å². The second-order valence-electron chi connectivity index (χ2n) is 8.22. The number of nitrogens with zero attached hydrogens (tertiary/aromatic N) is 2. The van der Waals surface area contributed by atoms with Gasteiger partial charge in [-0.3, -0.25) is 14.2 Å². The molecule has 0 aliphatic rings. The van der Waals surface area contributed by atoms with Crippen molar-refractivity contribution < 1.29 is 4.79 Å². The highest BCUT2D eigenvalue weighted by molar-refractivity contribution is 7.99. The summed E-state index contributed by atoms with van der Waals surface area (Å²) < 4.78 is 1.53. The predicted molar refractivity (Wildman–Crippen MR) is 135 cm³/mol. The second-order valence-corrected chi connectivity index (χ2v) is 9.60. The van der Waals surface area contributed by atoms with Crippen LogP contribution in [0.25, 0.3) is 10.9 Å². The van der Waals surface area contributed by atoms with Gasteiger partial charge in [0.15, 0.2) is 5.16 Å². The second kappa shape index (κ2) is 10.4. The Kier molecular flexibility index (Phi) is 7.80. The lowest BCUT2D eigenvalue weighted by Crippen LogP contribution is -2.24. The number of benzene rings is 2. The smallest absolute Gasteiger partial charge is 0.262 e. The third-order valence-electron chi connectivity index (χ3n) is 5.16. The minimum Gasteiger partial charge on any atom is -0.325 e. The number of amides is 1. The van der Waals surface area contributed by atoms with Crippen LogP contribution in [0.15, 0.2) is 59.0 Å². The summed E-state index contributed by atoms with van der Waals surface area (Å²) in [5.74, 6) is 0.540. The van der Waals surface area contributed by atoms with Crippen LogP contribution in [0.3, 0.4) is 0 Å². The molecule has 0 atom stereocenters. The molecule has 168 valence electrons. The lowest BCUT2D eigenvalue weighted by molar-refractivity contribution is -0.113. The van der Waals surface area contributed by atoms with E-state index in [1.54, 1.807) is 24.3 Å². The Balaban J connectivity index is 1.89. The number of para-hydroxylation sites is 1. The van der Waals surface area contributed by atoms with Crippen LogP contribution in [0.2, 0.25) is 5.02 Å². The molecular formula is C25H28ClN3O2S. The van der Waals surface area contributed by atoms with Gasteiger partial charge in [-0.15, -0.1) is 6.58 Å². The van der Waals surface area contributed by atoms with E-state index in [0.717, 1.165) is 16.8 Å². The van der Waals surface area contributed by atoms with Gasteiger partial charge in [0.2, 0.25) is 5.91 Å². The maximum atomic E-state index is 12.9. The third-order valence-corrected chi connectivity index (χ3v) is 6.38. The molecular weight excluding hydrogens is 442 g/mol. The first-order chi connectivity index (χ1) is 15.2. The van der Waals surface area contributed by atoms with Gasteiger partial charge >= 0.3 is 0 Å². The summed E-state index contributed by atoms with van der Waals surface area (Å²) in [6.45, 7) is 12.5. The van der Waals surface area contributed by atoms with Crippen LogP contribution >= 0.6 is 23.4 Å². The summed E-state index contributed by atoms with van der Waals surface area (Å²) in [6.07, 6.45) is 1.64. The van der Waals surface area contributed by atoms with E-state index in [0.29, 0.717) is 27.6 Å². The number of anilines is 1. The number of nitrogens with one attached hydrogen (secondary N) is 1. The SMILES string of the molecule is C=CCn1c(SCC(=O)Nc2c(C(C)C)cccc2C(C)C)nc2cc(Cl)ccc2c1=O. The number of carbonyl (C=O) groups excluding carboxylic acids is 1. The first-order valence-corrected chi connectivity index (χ1v) is 12.0. The Hall–Kier alpha value is -2.57. The highest BCUT2D eigenvalue weighted by Crippen LogP contribution is 2.32. The van der Waals surface area contributed by atoms with Crippen LogP contribution < -0.4 is 10.9 Å². The molecule has 0 saturated heterocycles. The first-order valence-electron chi connectivity index (χ1n) is 10.6. The molecule has 0 fully saturated rings. The number of aromatic nitrogens is 2. The number of hydrogen-bond acceptors (Lipinski definition) is 4. The highest BCUT2D eigenvalue weighted by Gasteiger charge is 2.17. The molecule has 3 rings (SSSR count). The van der Waals surface area contributed by atoms with E-state index in [9.17, 15) is 9.59 Å². The number of allylic oxidation sites excluding steroid dienone is 1. The molecule has 1 aromatic heterocycles. The Morgan fingerprint density at radius 1 is 1.19 bits per heavy atom. The number of hydrogen-bond donors (Lipinski definition) is 1. The zero-order chi connectivity index (χ0) is 23.4. The van der Waals surface area contributed by atoms with E-state index in [1.807, 2.05) is 6.07 Å². The van der Waals surface area contributed by atoms with E-state index in [-0.39, 0.29) is 29.1 Å². The summed E-state index contributed by atoms with van der Waals surface area (Å²) in [7, 11) is 0. The van der Waals surface area contributed by atoms with Gasteiger partial charge in [-0.2, -0.15) is 0 Å². The molecule has 0 radical (unpaired) electrons. The minimum absolute atomic E-state index is 0.125. The van der Waals surface area contributed by atoms with Crippen molar-refractivity contribution in [2.24, 2.45) is 0 Å². The molecule has 0 unspecified atom stereocenters. The fourth-order valence-electron chi connectivity index (χ4n) is 3.58. The fraction of sp³-hybridized carbons (Fsp3) is 0.320. The summed E-state index contributed by atoms with van der Waals surface area (Å²) in [6, 6.07) is 11.1. The Labute approximate surface area is 197 Å². The first kappa shape index (κ1) is 24.1. The van der Waals surface area contributed by atoms with Crippen LogP contribution in [0, 0.1) is 0 Å². The maximum Gasteiger partial charge on any atom is 0.262 e. The van der Waals surface area contributed by atoms with Crippen LogP contribution in [-0.2, 0) is 11.3 Å². The topological polar surface area (TPSA) is 64.0 Å². The van der Waals surface area contributed by atoms with Crippen molar-refractivity contribution in [1.82, 2.24) is 9.55 Å². The molecule has 1 heterocycles. The van der Waals surface area contributed by atoms with E-state index < -0.39 is 0 Å². The number of rotatable bonds is 8. The zero-order valence-corrected chi connectivity index (χ0v) is 20.4. The average Bonchev–Trinajstić information content (AvgIpc) is 2.74. The summed E-state index contributed by atoms with van der Waals surface area (Å²) in [4.78, 5) is 30.5.